The standard InChI is InChI=1S/C44H28O/c1-3-13-29(14-4-1)31-23-25-41-39(27-31)40-28-32(24-26-42(40)45-41)43-35-19-9-11-21-37(35)44(38-22-12-10-20-36(38)43)34-18-8-7-17-33(34)30-15-5-2-6-16-30/h1-28H. The average Bonchev–Trinajstić information content (AvgIpc) is 3.48. The van der Waals surface area contributed by atoms with Crippen molar-refractivity contribution in [3.63, 3.8) is 0 Å². The van der Waals surface area contributed by atoms with Crippen molar-refractivity contribution >= 4 is 43.5 Å². The Hall–Kier alpha value is -5.92. The fraction of sp³-hybridized carbons (Fsp3) is 0. The molecule has 0 fully saturated rings. The van der Waals surface area contributed by atoms with E-state index >= 15 is 0 Å². The van der Waals surface area contributed by atoms with Crippen LogP contribution in [0, 0.1) is 0 Å². The Kier molecular flexibility index (Phi) is 5.89. The molecule has 0 unspecified atom stereocenters. The zero-order valence-corrected chi connectivity index (χ0v) is 24.6. The zero-order valence-electron chi connectivity index (χ0n) is 24.6. The normalized spacial score (nSPS) is 11.6. The Morgan fingerprint density at radius 2 is 0.711 bits per heavy atom. The number of fused-ring (bicyclic) bond motifs is 5. The summed E-state index contributed by atoms with van der Waals surface area (Å²) in [5.41, 5.74) is 11.6. The monoisotopic (exact) mass is 572 g/mol. The lowest BCUT2D eigenvalue weighted by atomic mass is 9.83. The molecule has 0 aliphatic heterocycles. The highest BCUT2D eigenvalue weighted by atomic mass is 16.3. The van der Waals surface area contributed by atoms with Gasteiger partial charge in [-0.2, -0.15) is 0 Å². The van der Waals surface area contributed by atoms with E-state index in [4.69, 9.17) is 4.42 Å². The second-order valence-corrected chi connectivity index (χ2v) is 11.6. The summed E-state index contributed by atoms with van der Waals surface area (Å²) in [6.45, 7) is 0. The number of rotatable bonds is 4. The maximum Gasteiger partial charge on any atom is 0.135 e. The first-order chi connectivity index (χ1) is 22.3. The lowest BCUT2D eigenvalue weighted by Gasteiger charge is -2.19. The van der Waals surface area contributed by atoms with E-state index in [1.807, 2.05) is 0 Å². The fourth-order valence-corrected chi connectivity index (χ4v) is 7.04. The minimum Gasteiger partial charge on any atom is -0.456 e. The molecule has 0 atom stereocenters. The third-order valence-corrected chi connectivity index (χ3v) is 9.08. The van der Waals surface area contributed by atoms with Crippen LogP contribution in [0.1, 0.15) is 0 Å². The van der Waals surface area contributed by atoms with Crippen molar-refractivity contribution in [3.8, 4) is 44.5 Å². The van der Waals surface area contributed by atoms with Crippen molar-refractivity contribution in [2.45, 2.75) is 0 Å². The molecular weight excluding hydrogens is 544 g/mol. The van der Waals surface area contributed by atoms with Gasteiger partial charge in [-0.15, -0.1) is 0 Å². The maximum absolute atomic E-state index is 6.34. The van der Waals surface area contributed by atoms with Gasteiger partial charge in [-0.3, -0.25) is 0 Å². The fourth-order valence-electron chi connectivity index (χ4n) is 7.04. The minimum atomic E-state index is 0.904. The zero-order chi connectivity index (χ0) is 29.7. The smallest absolute Gasteiger partial charge is 0.135 e. The van der Waals surface area contributed by atoms with Gasteiger partial charge >= 0.3 is 0 Å². The van der Waals surface area contributed by atoms with Gasteiger partial charge in [0.1, 0.15) is 11.2 Å². The molecule has 1 heteroatoms. The first-order valence-corrected chi connectivity index (χ1v) is 15.4. The van der Waals surface area contributed by atoms with Gasteiger partial charge in [-0.1, -0.05) is 146 Å². The lowest BCUT2D eigenvalue weighted by Crippen LogP contribution is -1.92. The van der Waals surface area contributed by atoms with Gasteiger partial charge in [0.05, 0.1) is 0 Å². The molecule has 1 nitrogen and oxygen atoms in total. The van der Waals surface area contributed by atoms with E-state index in [2.05, 4.69) is 170 Å². The molecule has 0 radical (unpaired) electrons. The number of hydrogen-bond acceptors (Lipinski definition) is 1. The second kappa shape index (κ2) is 10.4. The Labute approximate surface area is 261 Å². The summed E-state index contributed by atoms with van der Waals surface area (Å²) in [6, 6.07) is 61.0. The largest absolute Gasteiger partial charge is 0.456 e. The summed E-state index contributed by atoms with van der Waals surface area (Å²) in [6.07, 6.45) is 0. The average molecular weight is 573 g/mol. The third kappa shape index (κ3) is 4.17. The Morgan fingerprint density at radius 3 is 1.31 bits per heavy atom. The van der Waals surface area contributed by atoms with Crippen molar-refractivity contribution in [3.05, 3.63) is 170 Å². The summed E-state index contributed by atoms with van der Waals surface area (Å²) in [7, 11) is 0. The van der Waals surface area contributed by atoms with Gasteiger partial charge in [-0.25, -0.2) is 0 Å². The molecule has 1 aromatic heterocycles. The van der Waals surface area contributed by atoms with Crippen LogP contribution < -0.4 is 0 Å². The van der Waals surface area contributed by atoms with Crippen LogP contribution in [-0.4, -0.2) is 0 Å². The van der Waals surface area contributed by atoms with Crippen LogP contribution in [0.4, 0.5) is 0 Å². The van der Waals surface area contributed by atoms with Gasteiger partial charge < -0.3 is 4.42 Å². The van der Waals surface area contributed by atoms with E-state index < -0.39 is 0 Å². The molecule has 1 heterocycles. The lowest BCUT2D eigenvalue weighted by molar-refractivity contribution is 0.669. The van der Waals surface area contributed by atoms with Crippen LogP contribution in [0.2, 0.25) is 0 Å². The third-order valence-electron chi connectivity index (χ3n) is 9.08. The number of furan rings is 1. The highest BCUT2D eigenvalue weighted by Gasteiger charge is 2.19. The van der Waals surface area contributed by atoms with Gasteiger partial charge in [0.25, 0.3) is 0 Å². The van der Waals surface area contributed by atoms with Crippen LogP contribution in [0.15, 0.2) is 174 Å². The molecule has 0 saturated heterocycles. The molecule has 0 N–H and O–H groups in total. The van der Waals surface area contributed by atoms with Crippen LogP contribution in [0.5, 0.6) is 0 Å². The second-order valence-electron chi connectivity index (χ2n) is 11.6. The van der Waals surface area contributed by atoms with E-state index in [1.165, 1.54) is 66.1 Å². The minimum absolute atomic E-state index is 0.904. The Morgan fingerprint density at radius 1 is 0.267 bits per heavy atom. The van der Waals surface area contributed by atoms with Gasteiger partial charge in [0, 0.05) is 10.8 Å². The molecule has 0 saturated carbocycles. The summed E-state index contributed by atoms with van der Waals surface area (Å²) in [5.74, 6) is 0. The highest BCUT2D eigenvalue weighted by molar-refractivity contribution is 6.23. The maximum atomic E-state index is 6.34. The van der Waals surface area contributed by atoms with Crippen LogP contribution in [-0.2, 0) is 0 Å². The summed E-state index contributed by atoms with van der Waals surface area (Å²) < 4.78 is 6.34. The summed E-state index contributed by atoms with van der Waals surface area (Å²) in [5, 5.41) is 7.25. The quantitative estimate of drug-likeness (QED) is 0.191. The van der Waals surface area contributed by atoms with E-state index in [1.54, 1.807) is 0 Å². The molecule has 0 aliphatic carbocycles. The first kappa shape index (κ1) is 25.6. The Bertz CT molecular complexity index is 2460. The molecule has 45 heavy (non-hydrogen) atoms. The topological polar surface area (TPSA) is 13.1 Å². The van der Waals surface area contributed by atoms with Crippen LogP contribution in [0.3, 0.4) is 0 Å². The van der Waals surface area contributed by atoms with Crippen molar-refractivity contribution in [1.82, 2.24) is 0 Å². The van der Waals surface area contributed by atoms with Crippen LogP contribution >= 0.6 is 0 Å². The van der Waals surface area contributed by atoms with E-state index in [0.717, 1.165) is 21.9 Å². The molecular formula is C44H28O. The SMILES string of the molecule is c1ccc(-c2ccc3oc4ccc(-c5c6ccccc6c(-c6ccccc6-c6ccccc6)c6ccccc56)cc4c3c2)cc1. The molecule has 0 bridgehead atoms. The molecule has 9 aromatic rings. The predicted molar refractivity (Wildman–Crippen MR) is 190 cm³/mol. The van der Waals surface area contributed by atoms with Gasteiger partial charge in [0.15, 0.2) is 0 Å². The summed E-state index contributed by atoms with van der Waals surface area (Å²) >= 11 is 0. The number of benzene rings is 8. The van der Waals surface area contributed by atoms with Crippen molar-refractivity contribution in [2.24, 2.45) is 0 Å². The highest BCUT2D eigenvalue weighted by Crippen LogP contribution is 2.46. The molecule has 9 rings (SSSR count). The van der Waals surface area contributed by atoms with Crippen molar-refractivity contribution in [2.75, 3.05) is 0 Å². The molecule has 0 amide bonds. The van der Waals surface area contributed by atoms with E-state index in [9.17, 15) is 0 Å². The van der Waals surface area contributed by atoms with Gasteiger partial charge in [0.2, 0.25) is 0 Å². The molecule has 210 valence electrons. The van der Waals surface area contributed by atoms with E-state index in [0.29, 0.717) is 0 Å². The molecule has 8 aromatic carbocycles. The van der Waals surface area contributed by atoms with Crippen molar-refractivity contribution < 1.29 is 4.42 Å². The molecule has 0 aliphatic rings. The molecule has 0 spiro atoms. The number of hydrogen-bond donors (Lipinski definition) is 0. The Balaban J connectivity index is 1.32. The summed E-state index contributed by atoms with van der Waals surface area (Å²) in [4.78, 5) is 0. The van der Waals surface area contributed by atoms with E-state index in [-0.39, 0.29) is 0 Å². The first-order valence-electron chi connectivity index (χ1n) is 15.4. The van der Waals surface area contributed by atoms with Crippen molar-refractivity contribution in [1.29, 1.82) is 0 Å². The van der Waals surface area contributed by atoms with Gasteiger partial charge in [-0.05, 0) is 90.3 Å². The predicted octanol–water partition coefficient (Wildman–Crippen LogP) is 12.6. The van der Waals surface area contributed by atoms with Crippen LogP contribution in [0.25, 0.3) is 88.0 Å².